The lowest BCUT2D eigenvalue weighted by Crippen LogP contribution is -2.13. The number of carbonyl (C=O) groups is 1. The fourth-order valence-electron chi connectivity index (χ4n) is 1.53. The second-order valence-electron chi connectivity index (χ2n) is 3.75. The fourth-order valence-corrected chi connectivity index (χ4v) is 2.19. The molecule has 0 bridgehead atoms. The number of nitrogens with zero attached hydrogens (tertiary/aromatic N) is 3. The van der Waals surface area contributed by atoms with E-state index in [9.17, 15) is 4.79 Å². The first-order chi connectivity index (χ1) is 9.65. The molecule has 112 valence electrons. The molecular weight excluding hydrogens is 312 g/mol. The van der Waals surface area contributed by atoms with Crippen LogP contribution in [0.4, 0.5) is 0 Å². The van der Waals surface area contributed by atoms with Gasteiger partial charge in [-0.15, -0.1) is 12.4 Å². The van der Waals surface area contributed by atoms with Gasteiger partial charge in [0.15, 0.2) is 10.9 Å². The zero-order valence-corrected chi connectivity index (χ0v) is 13.2. The van der Waals surface area contributed by atoms with Crippen molar-refractivity contribution in [2.45, 2.75) is 11.9 Å². The number of aromatic nitrogens is 2. The molecule has 2 rings (SSSR count). The number of para-hydroxylation sites is 2. The van der Waals surface area contributed by atoms with E-state index in [4.69, 9.17) is 10.5 Å². The SMILES string of the molecule is CCOC(=O)c1nc2ccccc2nc1SC(N)=NC.Cl. The highest BCUT2D eigenvalue weighted by Gasteiger charge is 2.19. The summed E-state index contributed by atoms with van der Waals surface area (Å²) in [4.78, 5) is 24.5. The average molecular weight is 327 g/mol. The van der Waals surface area contributed by atoms with Crippen molar-refractivity contribution >= 4 is 46.3 Å². The molecule has 0 aliphatic heterocycles. The average Bonchev–Trinajstić information content (AvgIpc) is 2.46. The van der Waals surface area contributed by atoms with Crippen molar-refractivity contribution < 1.29 is 9.53 Å². The zero-order chi connectivity index (χ0) is 14.5. The molecule has 1 heterocycles. The van der Waals surface area contributed by atoms with Crippen molar-refractivity contribution in [3.8, 4) is 0 Å². The summed E-state index contributed by atoms with van der Waals surface area (Å²) in [5, 5.41) is 0.699. The van der Waals surface area contributed by atoms with Crippen molar-refractivity contribution in [1.82, 2.24) is 9.97 Å². The fraction of sp³-hybridized carbons (Fsp3) is 0.231. The van der Waals surface area contributed by atoms with Crippen LogP contribution < -0.4 is 5.73 Å². The Labute approximate surface area is 132 Å². The van der Waals surface area contributed by atoms with Crippen LogP contribution in [0.3, 0.4) is 0 Å². The standard InChI is InChI=1S/C13H14N4O2S.ClH/c1-3-19-12(18)10-11(20-13(14)15-2)17-9-7-5-4-6-8(9)16-10;/h4-7H,3H2,1-2H3,(H2,14,15);1H. The first-order valence-corrected chi connectivity index (χ1v) is 6.81. The Balaban J connectivity index is 0.00000220. The van der Waals surface area contributed by atoms with E-state index in [2.05, 4.69) is 15.0 Å². The first-order valence-electron chi connectivity index (χ1n) is 5.99. The number of esters is 1. The quantitative estimate of drug-likeness (QED) is 0.403. The summed E-state index contributed by atoms with van der Waals surface area (Å²) in [6.45, 7) is 2.01. The molecule has 21 heavy (non-hydrogen) atoms. The van der Waals surface area contributed by atoms with E-state index in [1.54, 1.807) is 20.0 Å². The third-order valence-electron chi connectivity index (χ3n) is 2.43. The number of thioether (sulfide) groups is 1. The smallest absolute Gasteiger partial charge is 0.359 e. The van der Waals surface area contributed by atoms with Gasteiger partial charge in [0, 0.05) is 7.05 Å². The lowest BCUT2D eigenvalue weighted by atomic mass is 10.3. The number of nitrogens with two attached hydrogens (primary N) is 1. The Hall–Kier alpha value is -1.86. The maximum atomic E-state index is 12.0. The number of aliphatic imine (C=N–C) groups is 1. The number of halogens is 1. The van der Waals surface area contributed by atoms with Gasteiger partial charge in [0.1, 0.15) is 5.03 Å². The van der Waals surface area contributed by atoms with Crippen LogP contribution in [-0.2, 0) is 4.74 Å². The third kappa shape index (κ3) is 4.05. The van der Waals surface area contributed by atoms with Crippen LogP contribution in [0.2, 0.25) is 0 Å². The van der Waals surface area contributed by atoms with E-state index < -0.39 is 5.97 Å². The highest BCUT2D eigenvalue weighted by atomic mass is 35.5. The molecule has 0 spiro atoms. The first kappa shape index (κ1) is 17.2. The predicted octanol–water partition coefficient (Wildman–Crippen LogP) is 2.26. The Kier molecular flexibility index (Phi) is 6.39. The lowest BCUT2D eigenvalue weighted by molar-refractivity contribution is 0.0514. The maximum absolute atomic E-state index is 12.0. The monoisotopic (exact) mass is 326 g/mol. The molecule has 6 nitrogen and oxygen atoms in total. The van der Waals surface area contributed by atoms with Crippen LogP contribution in [0.15, 0.2) is 34.3 Å². The molecule has 0 amide bonds. The minimum Gasteiger partial charge on any atom is -0.461 e. The van der Waals surface area contributed by atoms with Crippen LogP contribution in [0.5, 0.6) is 0 Å². The molecule has 0 aliphatic carbocycles. The molecule has 0 fully saturated rings. The van der Waals surface area contributed by atoms with E-state index >= 15 is 0 Å². The molecular formula is C13H15ClN4O2S. The van der Waals surface area contributed by atoms with E-state index in [1.807, 2.05) is 18.2 Å². The highest BCUT2D eigenvalue weighted by molar-refractivity contribution is 8.13. The third-order valence-corrected chi connectivity index (χ3v) is 3.30. The number of rotatable bonds is 3. The molecule has 0 radical (unpaired) electrons. The van der Waals surface area contributed by atoms with Gasteiger partial charge in [-0.1, -0.05) is 12.1 Å². The molecule has 8 heteroatoms. The topological polar surface area (TPSA) is 90.5 Å². The number of hydrogen-bond acceptors (Lipinski definition) is 6. The summed E-state index contributed by atoms with van der Waals surface area (Å²) >= 11 is 1.09. The van der Waals surface area contributed by atoms with Crippen LogP contribution in [0.25, 0.3) is 11.0 Å². The molecule has 0 atom stereocenters. The van der Waals surface area contributed by atoms with Crippen LogP contribution in [-0.4, -0.2) is 34.8 Å². The van der Waals surface area contributed by atoms with Crippen LogP contribution >= 0.6 is 24.2 Å². The summed E-state index contributed by atoms with van der Waals surface area (Å²) < 4.78 is 5.00. The van der Waals surface area contributed by atoms with Gasteiger partial charge in [-0.2, -0.15) is 0 Å². The minimum atomic E-state index is -0.517. The normalized spacial score (nSPS) is 11.0. The van der Waals surface area contributed by atoms with E-state index in [1.165, 1.54) is 0 Å². The van der Waals surface area contributed by atoms with Crippen LogP contribution in [0.1, 0.15) is 17.4 Å². The lowest BCUT2D eigenvalue weighted by Gasteiger charge is -2.08. The van der Waals surface area contributed by atoms with Gasteiger partial charge in [-0.25, -0.2) is 14.8 Å². The van der Waals surface area contributed by atoms with Gasteiger partial charge in [0.25, 0.3) is 0 Å². The largest absolute Gasteiger partial charge is 0.461 e. The number of hydrogen-bond donors (Lipinski definition) is 1. The molecule has 2 aromatic rings. The maximum Gasteiger partial charge on any atom is 0.359 e. The molecule has 0 saturated carbocycles. The molecule has 0 saturated heterocycles. The predicted molar refractivity (Wildman–Crippen MR) is 86.1 cm³/mol. The van der Waals surface area contributed by atoms with Gasteiger partial charge in [0.05, 0.1) is 17.6 Å². The van der Waals surface area contributed by atoms with Crippen molar-refractivity contribution in [2.75, 3.05) is 13.7 Å². The number of ether oxygens (including phenoxy) is 1. The summed E-state index contributed by atoms with van der Waals surface area (Å²) in [5.74, 6) is -0.517. The van der Waals surface area contributed by atoms with Gasteiger partial charge in [-0.05, 0) is 30.8 Å². The molecule has 0 aliphatic rings. The van der Waals surface area contributed by atoms with Gasteiger partial charge < -0.3 is 10.5 Å². The van der Waals surface area contributed by atoms with Crippen molar-refractivity contribution in [3.63, 3.8) is 0 Å². The molecule has 2 N–H and O–H groups in total. The molecule has 0 unspecified atom stereocenters. The van der Waals surface area contributed by atoms with Crippen molar-refractivity contribution in [3.05, 3.63) is 30.0 Å². The van der Waals surface area contributed by atoms with Crippen molar-refractivity contribution in [2.24, 2.45) is 10.7 Å². The van der Waals surface area contributed by atoms with Crippen molar-refractivity contribution in [1.29, 1.82) is 0 Å². The molecule has 1 aromatic heterocycles. The van der Waals surface area contributed by atoms with E-state index in [0.717, 1.165) is 11.8 Å². The summed E-state index contributed by atoms with van der Waals surface area (Å²) in [5.41, 5.74) is 7.16. The minimum absolute atomic E-state index is 0. The zero-order valence-electron chi connectivity index (χ0n) is 11.6. The van der Waals surface area contributed by atoms with Gasteiger partial charge in [0.2, 0.25) is 0 Å². The van der Waals surface area contributed by atoms with Gasteiger partial charge in [-0.3, -0.25) is 4.99 Å². The Morgan fingerprint density at radius 2 is 1.95 bits per heavy atom. The second kappa shape index (κ2) is 7.80. The highest BCUT2D eigenvalue weighted by Crippen LogP contribution is 2.23. The van der Waals surface area contributed by atoms with Crippen LogP contribution in [0, 0.1) is 0 Å². The van der Waals surface area contributed by atoms with Gasteiger partial charge >= 0.3 is 5.97 Å². The Morgan fingerprint density at radius 1 is 1.33 bits per heavy atom. The number of amidine groups is 1. The van der Waals surface area contributed by atoms with E-state index in [0.29, 0.717) is 21.2 Å². The summed E-state index contributed by atoms with van der Waals surface area (Å²) in [6.07, 6.45) is 0. The molecule has 1 aromatic carbocycles. The van der Waals surface area contributed by atoms with E-state index in [-0.39, 0.29) is 24.7 Å². The summed E-state index contributed by atoms with van der Waals surface area (Å²) in [6, 6.07) is 7.30. The summed E-state index contributed by atoms with van der Waals surface area (Å²) in [7, 11) is 1.57. The second-order valence-corrected chi connectivity index (χ2v) is 4.76. The Morgan fingerprint density at radius 3 is 2.52 bits per heavy atom. The number of fused-ring (bicyclic) bond motifs is 1. The Bertz CT molecular complexity index is 678. The number of carbonyl (C=O) groups excluding carboxylic acids is 1. The number of benzene rings is 1.